The van der Waals surface area contributed by atoms with Crippen LogP contribution in [-0.2, 0) is 10.0 Å². The van der Waals surface area contributed by atoms with Crippen LogP contribution >= 0.6 is 0 Å². The van der Waals surface area contributed by atoms with Crippen LogP contribution in [0.2, 0.25) is 0 Å². The number of hydrogen-bond acceptors (Lipinski definition) is 3. The second-order valence-electron chi connectivity index (χ2n) is 5.90. The van der Waals surface area contributed by atoms with E-state index in [1.165, 1.54) is 24.4 Å². The van der Waals surface area contributed by atoms with Gasteiger partial charge in [-0.15, -0.1) is 0 Å². The van der Waals surface area contributed by atoms with E-state index >= 15 is 0 Å². The Labute approximate surface area is 134 Å². The smallest absolute Gasteiger partial charge is 0.238 e. The predicted molar refractivity (Wildman–Crippen MR) is 87.2 cm³/mol. The fourth-order valence-electron chi connectivity index (χ4n) is 2.97. The zero-order valence-electron chi connectivity index (χ0n) is 12.7. The maximum Gasteiger partial charge on any atom is 0.238 e. The number of sulfonamides is 1. The van der Waals surface area contributed by atoms with Gasteiger partial charge in [-0.3, -0.25) is 4.98 Å². The summed E-state index contributed by atoms with van der Waals surface area (Å²) in [5, 5.41) is 5.13. The summed E-state index contributed by atoms with van der Waals surface area (Å²) in [4.78, 5) is 4.27. The third-order valence-electron chi connectivity index (χ3n) is 4.04. The molecule has 1 heterocycles. The lowest BCUT2D eigenvalue weighted by Crippen LogP contribution is -2.11. The maximum atomic E-state index is 13.1. The Morgan fingerprint density at radius 2 is 1.74 bits per heavy atom. The van der Waals surface area contributed by atoms with Gasteiger partial charge in [0, 0.05) is 0 Å². The number of allylic oxidation sites excluding steroid dienone is 2. The van der Waals surface area contributed by atoms with Crippen LogP contribution in [0, 0.1) is 11.7 Å². The predicted octanol–water partition coefficient (Wildman–Crippen LogP) is 3.21. The van der Waals surface area contributed by atoms with Crippen molar-refractivity contribution < 1.29 is 12.8 Å². The van der Waals surface area contributed by atoms with E-state index in [2.05, 4.69) is 11.9 Å². The number of primary sulfonamides is 1. The second kappa shape index (κ2) is 5.86. The molecule has 0 saturated heterocycles. The molecule has 1 aliphatic rings. The van der Waals surface area contributed by atoms with Crippen molar-refractivity contribution in [1.82, 2.24) is 4.98 Å². The Balaban J connectivity index is 2.04. The first-order valence-corrected chi connectivity index (χ1v) is 8.86. The standard InChI is InChI=1S/C17H17FN2O2S/c1-11-8-15(12-2-5-14(6-3-12)23(19,21)22)16(9-11)17-7-4-13(18)10-20-17/h2-7,10-11H,8-9H2,1H3,(H2,19,21,22). The summed E-state index contributed by atoms with van der Waals surface area (Å²) in [5.41, 5.74) is 3.92. The van der Waals surface area contributed by atoms with E-state index < -0.39 is 10.0 Å². The van der Waals surface area contributed by atoms with Crippen LogP contribution in [0.25, 0.3) is 11.1 Å². The highest BCUT2D eigenvalue weighted by Crippen LogP contribution is 2.42. The summed E-state index contributed by atoms with van der Waals surface area (Å²) in [5.74, 6) is 0.101. The van der Waals surface area contributed by atoms with Crippen LogP contribution in [0.3, 0.4) is 0 Å². The topological polar surface area (TPSA) is 73.1 Å². The van der Waals surface area contributed by atoms with E-state index in [-0.39, 0.29) is 10.7 Å². The first-order chi connectivity index (χ1) is 10.8. The van der Waals surface area contributed by atoms with Gasteiger partial charge in [0.15, 0.2) is 0 Å². The molecule has 6 heteroatoms. The molecule has 2 aromatic rings. The number of pyridine rings is 1. The lowest BCUT2D eigenvalue weighted by Gasteiger charge is -2.08. The molecule has 1 atom stereocenters. The van der Waals surface area contributed by atoms with Gasteiger partial charge in [0.2, 0.25) is 10.0 Å². The lowest BCUT2D eigenvalue weighted by atomic mass is 10.00. The van der Waals surface area contributed by atoms with E-state index in [4.69, 9.17) is 5.14 Å². The van der Waals surface area contributed by atoms with E-state index in [1.807, 2.05) is 0 Å². The van der Waals surface area contributed by atoms with Gasteiger partial charge in [0.05, 0.1) is 16.8 Å². The summed E-state index contributed by atoms with van der Waals surface area (Å²) in [6, 6.07) is 9.63. The van der Waals surface area contributed by atoms with Crippen LogP contribution in [0.15, 0.2) is 47.5 Å². The number of aromatic nitrogens is 1. The molecule has 23 heavy (non-hydrogen) atoms. The van der Waals surface area contributed by atoms with Crippen molar-refractivity contribution in [3.8, 4) is 0 Å². The van der Waals surface area contributed by atoms with Crippen LogP contribution in [0.4, 0.5) is 4.39 Å². The molecule has 1 aromatic heterocycles. The van der Waals surface area contributed by atoms with Gasteiger partial charge in [-0.05, 0) is 59.7 Å². The molecule has 1 aromatic carbocycles. The van der Waals surface area contributed by atoms with Gasteiger partial charge in [-0.1, -0.05) is 19.1 Å². The number of rotatable bonds is 3. The molecule has 3 rings (SSSR count). The minimum atomic E-state index is -3.69. The SMILES string of the molecule is CC1CC(c2ccc(S(N)(=O)=O)cc2)=C(c2ccc(F)cn2)C1. The Hall–Kier alpha value is -2.05. The minimum absolute atomic E-state index is 0.0920. The summed E-state index contributed by atoms with van der Waals surface area (Å²) in [6.07, 6.45) is 2.96. The first-order valence-electron chi connectivity index (χ1n) is 7.32. The molecule has 4 nitrogen and oxygen atoms in total. The van der Waals surface area contributed by atoms with Crippen molar-refractivity contribution in [2.24, 2.45) is 11.1 Å². The van der Waals surface area contributed by atoms with Crippen LogP contribution in [0.1, 0.15) is 31.0 Å². The second-order valence-corrected chi connectivity index (χ2v) is 7.46. The maximum absolute atomic E-state index is 13.1. The summed E-state index contributed by atoms with van der Waals surface area (Å²) >= 11 is 0. The van der Waals surface area contributed by atoms with Crippen molar-refractivity contribution in [1.29, 1.82) is 0 Å². The van der Waals surface area contributed by atoms with Crippen LogP contribution in [0.5, 0.6) is 0 Å². The lowest BCUT2D eigenvalue weighted by molar-refractivity contribution is 0.597. The van der Waals surface area contributed by atoms with Gasteiger partial charge in [0.25, 0.3) is 0 Å². The zero-order chi connectivity index (χ0) is 16.6. The van der Waals surface area contributed by atoms with Crippen molar-refractivity contribution in [3.05, 3.63) is 59.7 Å². The molecule has 0 spiro atoms. The average molecular weight is 332 g/mol. The fraction of sp³-hybridized carbons (Fsp3) is 0.235. The van der Waals surface area contributed by atoms with Crippen LogP contribution in [-0.4, -0.2) is 13.4 Å². The molecule has 0 aliphatic heterocycles. The van der Waals surface area contributed by atoms with E-state index in [0.29, 0.717) is 5.92 Å². The van der Waals surface area contributed by atoms with E-state index in [9.17, 15) is 12.8 Å². The van der Waals surface area contributed by atoms with Crippen molar-refractivity contribution in [2.75, 3.05) is 0 Å². The quantitative estimate of drug-likeness (QED) is 0.938. The molecule has 0 radical (unpaired) electrons. The molecule has 0 fully saturated rings. The molecular formula is C17H17FN2O2S. The van der Waals surface area contributed by atoms with Gasteiger partial charge >= 0.3 is 0 Å². The average Bonchev–Trinajstić information content (AvgIpc) is 2.89. The Morgan fingerprint density at radius 3 is 2.30 bits per heavy atom. The molecule has 1 unspecified atom stereocenters. The van der Waals surface area contributed by atoms with Gasteiger partial charge < -0.3 is 0 Å². The highest BCUT2D eigenvalue weighted by molar-refractivity contribution is 7.89. The Bertz CT molecular complexity index is 856. The highest BCUT2D eigenvalue weighted by atomic mass is 32.2. The summed E-state index contributed by atoms with van der Waals surface area (Å²) in [6.45, 7) is 2.15. The number of nitrogens with two attached hydrogens (primary N) is 1. The highest BCUT2D eigenvalue weighted by Gasteiger charge is 2.24. The van der Waals surface area contributed by atoms with Crippen molar-refractivity contribution in [3.63, 3.8) is 0 Å². The molecule has 0 bridgehead atoms. The monoisotopic (exact) mass is 332 g/mol. The molecular weight excluding hydrogens is 315 g/mol. The molecule has 2 N–H and O–H groups in total. The number of hydrogen-bond donors (Lipinski definition) is 1. The number of nitrogens with zero attached hydrogens (tertiary/aromatic N) is 1. The molecule has 0 amide bonds. The van der Waals surface area contributed by atoms with Crippen molar-refractivity contribution >= 4 is 21.2 Å². The minimum Gasteiger partial charge on any atom is -0.254 e. The summed E-state index contributed by atoms with van der Waals surface area (Å²) in [7, 11) is -3.69. The normalized spacial score (nSPS) is 18.5. The van der Waals surface area contributed by atoms with E-state index in [0.717, 1.165) is 35.2 Å². The summed E-state index contributed by atoms with van der Waals surface area (Å²) < 4.78 is 35.8. The van der Waals surface area contributed by atoms with Gasteiger partial charge in [0.1, 0.15) is 5.82 Å². The Kier molecular flexibility index (Phi) is 4.04. The van der Waals surface area contributed by atoms with E-state index in [1.54, 1.807) is 18.2 Å². The number of halogens is 1. The van der Waals surface area contributed by atoms with Gasteiger partial charge in [-0.25, -0.2) is 17.9 Å². The molecule has 120 valence electrons. The fourth-order valence-corrected chi connectivity index (χ4v) is 3.48. The van der Waals surface area contributed by atoms with Crippen LogP contribution < -0.4 is 5.14 Å². The molecule has 0 saturated carbocycles. The largest absolute Gasteiger partial charge is 0.254 e. The zero-order valence-corrected chi connectivity index (χ0v) is 13.5. The first kappa shape index (κ1) is 15.8. The van der Waals surface area contributed by atoms with Crippen molar-refractivity contribution in [2.45, 2.75) is 24.7 Å². The number of benzene rings is 1. The van der Waals surface area contributed by atoms with Gasteiger partial charge in [-0.2, -0.15) is 0 Å². The third kappa shape index (κ3) is 3.33. The Morgan fingerprint density at radius 1 is 1.09 bits per heavy atom. The molecule has 1 aliphatic carbocycles. The third-order valence-corrected chi connectivity index (χ3v) is 4.97.